The van der Waals surface area contributed by atoms with Gasteiger partial charge in [0.2, 0.25) is 5.91 Å². The normalized spacial score (nSPS) is 15.4. The van der Waals surface area contributed by atoms with Gasteiger partial charge in [-0.1, -0.05) is 42.6 Å². The van der Waals surface area contributed by atoms with E-state index in [4.69, 9.17) is 21.1 Å². The van der Waals surface area contributed by atoms with E-state index in [0.717, 1.165) is 43.2 Å². The van der Waals surface area contributed by atoms with Gasteiger partial charge in [0.1, 0.15) is 0 Å². The summed E-state index contributed by atoms with van der Waals surface area (Å²) in [6.07, 6.45) is 4.66. The Hall–Kier alpha value is -2.20. The molecule has 1 N–H and O–H groups in total. The molecule has 0 saturated heterocycles. The maximum absolute atomic E-state index is 13.1. The maximum Gasteiger partial charge on any atom is 0.230 e. The van der Waals surface area contributed by atoms with E-state index in [1.165, 1.54) is 0 Å². The number of benzene rings is 2. The molecule has 144 valence electrons. The van der Waals surface area contributed by atoms with Gasteiger partial charge >= 0.3 is 0 Å². The van der Waals surface area contributed by atoms with Crippen molar-refractivity contribution in [3.8, 4) is 11.5 Å². The number of hydrogen-bond donors (Lipinski definition) is 1. The lowest BCUT2D eigenvalue weighted by Crippen LogP contribution is -2.43. The van der Waals surface area contributed by atoms with E-state index in [2.05, 4.69) is 5.32 Å². The van der Waals surface area contributed by atoms with Crippen molar-refractivity contribution in [2.75, 3.05) is 20.8 Å². The zero-order chi connectivity index (χ0) is 19.3. The summed E-state index contributed by atoms with van der Waals surface area (Å²) in [6.45, 7) is 0.587. The van der Waals surface area contributed by atoms with E-state index in [1.54, 1.807) is 14.2 Å². The van der Waals surface area contributed by atoms with Crippen LogP contribution in [-0.2, 0) is 16.6 Å². The minimum absolute atomic E-state index is 0.114. The van der Waals surface area contributed by atoms with Crippen LogP contribution in [0.2, 0.25) is 5.02 Å². The Morgan fingerprint density at radius 2 is 1.70 bits per heavy atom. The molecule has 0 aromatic heterocycles. The van der Waals surface area contributed by atoms with Crippen molar-refractivity contribution in [3.63, 3.8) is 0 Å². The topological polar surface area (TPSA) is 47.6 Å². The van der Waals surface area contributed by atoms with E-state index in [1.807, 2.05) is 42.5 Å². The number of amides is 1. The summed E-state index contributed by atoms with van der Waals surface area (Å²) in [4.78, 5) is 13.1. The molecule has 4 nitrogen and oxygen atoms in total. The molecule has 0 bridgehead atoms. The van der Waals surface area contributed by atoms with Crippen LogP contribution < -0.4 is 14.8 Å². The van der Waals surface area contributed by atoms with Gasteiger partial charge in [-0.3, -0.25) is 4.79 Å². The van der Waals surface area contributed by atoms with Gasteiger partial charge in [-0.15, -0.1) is 0 Å². The molecule has 0 heterocycles. The second-order valence-corrected chi connectivity index (χ2v) is 7.43. The molecule has 27 heavy (non-hydrogen) atoms. The number of carbonyl (C=O) groups is 1. The third kappa shape index (κ3) is 4.22. The smallest absolute Gasteiger partial charge is 0.230 e. The second-order valence-electron chi connectivity index (χ2n) is 6.99. The average Bonchev–Trinajstić information content (AvgIpc) is 3.19. The highest BCUT2D eigenvalue weighted by atomic mass is 35.5. The van der Waals surface area contributed by atoms with Gasteiger partial charge in [0.15, 0.2) is 11.5 Å². The SMILES string of the molecule is COc1ccc(CCNC(=O)C2(c3ccc(Cl)cc3)CCCC2)cc1OC. The lowest BCUT2D eigenvalue weighted by Gasteiger charge is -2.28. The first-order chi connectivity index (χ1) is 13.1. The van der Waals surface area contributed by atoms with Crippen molar-refractivity contribution >= 4 is 17.5 Å². The van der Waals surface area contributed by atoms with Gasteiger partial charge in [-0.05, 0) is 54.7 Å². The van der Waals surface area contributed by atoms with Crippen molar-refractivity contribution in [1.29, 1.82) is 0 Å². The van der Waals surface area contributed by atoms with Gasteiger partial charge in [0.05, 0.1) is 19.6 Å². The predicted molar refractivity (Wildman–Crippen MR) is 108 cm³/mol. The largest absolute Gasteiger partial charge is 0.493 e. The zero-order valence-electron chi connectivity index (χ0n) is 15.9. The van der Waals surface area contributed by atoms with Crippen LogP contribution in [0.3, 0.4) is 0 Å². The van der Waals surface area contributed by atoms with Crippen LogP contribution in [0, 0.1) is 0 Å². The quantitative estimate of drug-likeness (QED) is 0.759. The number of hydrogen-bond acceptors (Lipinski definition) is 3. The van der Waals surface area contributed by atoms with Gasteiger partial charge in [-0.2, -0.15) is 0 Å². The molecule has 1 amide bonds. The van der Waals surface area contributed by atoms with Gasteiger partial charge < -0.3 is 14.8 Å². The monoisotopic (exact) mass is 387 g/mol. The molecular weight excluding hydrogens is 362 g/mol. The molecule has 1 aliphatic rings. The minimum Gasteiger partial charge on any atom is -0.493 e. The first-order valence-electron chi connectivity index (χ1n) is 9.34. The van der Waals surface area contributed by atoms with Crippen LogP contribution in [0.15, 0.2) is 42.5 Å². The van der Waals surface area contributed by atoms with E-state index < -0.39 is 5.41 Å². The van der Waals surface area contributed by atoms with Crippen LogP contribution in [-0.4, -0.2) is 26.7 Å². The first kappa shape index (κ1) is 19.6. The molecule has 0 unspecified atom stereocenters. The van der Waals surface area contributed by atoms with E-state index >= 15 is 0 Å². The molecular formula is C22H26ClNO3. The number of rotatable bonds is 7. The molecule has 0 atom stereocenters. The highest BCUT2D eigenvalue weighted by molar-refractivity contribution is 6.30. The third-order valence-corrected chi connectivity index (χ3v) is 5.69. The Bertz CT molecular complexity index is 783. The summed E-state index contributed by atoms with van der Waals surface area (Å²) in [5.74, 6) is 1.52. The number of ether oxygens (including phenoxy) is 2. The Morgan fingerprint density at radius 1 is 1.04 bits per heavy atom. The van der Waals surface area contributed by atoms with Crippen LogP contribution in [0.5, 0.6) is 11.5 Å². The summed E-state index contributed by atoms with van der Waals surface area (Å²) < 4.78 is 10.6. The molecule has 0 radical (unpaired) electrons. The molecule has 3 rings (SSSR count). The fraction of sp³-hybridized carbons (Fsp3) is 0.409. The number of methoxy groups -OCH3 is 2. The van der Waals surface area contributed by atoms with Crippen LogP contribution in [0.4, 0.5) is 0 Å². The Balaban J connectivity index is 1.66. The lowest BCUT2D eigenvalue weighted by molar-refractivity contribution is -0.126. The number of nitrogens with one attached hydrogen (secondary N) is 1. The summed E-state index contributed by atoms with van der Waals surface area (Å²) >= 11 is 6.02. The van der Waals surface area contributed by atoms with Crippen molar-refractivity contribution in [3.05, 3.63) is 58.6 Å². The molecule has 1 aliphatic carbocycles. The van der Waals surface area contributed by atoms with Gasteiger partial charge in [-0.25, -0.2) is 0 Å². The first-order valence-corrected chi connectivity index (χ1v) is 9.72. The fourth-order valence-electron chi connectivity index (χ4n) is 3.92. The minimum atomic E-state index is -0.428. The zero-order valence-corrected chi connectivity index (χ0v) is 16.6. The van der Waals surface area contributed by atoms with Crippen molar-refractivity contribution in [2.45, 2.75) is 37.5 Å². The summed E-state index contributed by atoms with van der Waals surface area (Å²) in [7, 11) is 3.24. The maximum atomic E-state index is 13.1. The second kappa shape index (κ2) is 8.66. The van der Waals surface area contributed by atoms with E-state index in [9.17, 15) is 4.79 Å². The van der Waals surface area contributed by atoms with Crippen molar-refractivity contribution in [2.24, 2.45) is 0 Å². The van der Waals surface area contributed by atoms with Crippen molar-refractivity contribution in [1.82, 2.24) is 5.32 Å². The third-order valence-electron chi connectivity index (χ3n) is 5.44. The number of carbonyl (C=O) groups excluding carboxylic acids is 1. The molecule has 2 aromatic carbocycles. The fourth-order valence-corrected chi connectivity index (χ4v) is 4.05. The number of halogens is 1. The lowest BCUT2D eigenvalue weighted by atomic mass is 9.78. The molecule has 1 saturated carbocycles. The summed E-state index contributed by atoms with van der Waals surface area (Å²) in [5.41, 5.74) is 1.73. The predicted octanol–water partition coefficient (Wildman–Crippen LogP) is 4.53. The Labute approximate surface area is 165 Å². The van der Waals surface area contributed by atoms with Crippen LogP contribution in [0.25, 0.3) is 0 Å². The molecule has 5 heteroatoms. The molecule has 0 spiro atoms. The highest BCUT2D eigenvalue weighted by Gasteiger charge is 2.42. The van der Waals surface area contributed by atoms with E-state index in [-0.39, 0.29) is 5.91 Å². The van der Waals surface area contributed by atoms with Gasteiger partial charge in [0.25, 0.3) is 0 Å². The standard InChI is InChI=1S/C22H26ClNO3/c1-26-19-10-5-16(15-20(19)27-2)11-14-24-21(25)22(12-3-4-13-22)17-6-8-18(23)9-7-17/h5-10,15H,3-4,11-14H2,1-2H3,(H,24,25). The summed E-state index contributed by atoms with van der Waals surface area (Å²) in [5, 5.41) is 3.84. The average molecular weight is 388 g/mol. The Morgan fingerprint density at radius 3 is 2.33 bits per heavy atom. The van der Waals surface area contributed by atoms with Crippen LogP contribution >= 0.6 is 11.6 Å². The van der Waals surface area contributed by atoms with Crippen LogP contribution in [0.1, 0.15) is 36.8 Å². The molecule has 1 fully saturated rings. The van der Waals surface area contributed by atoms with Crippen molar-refractivity contribution < 1.29 is 14.3 Å². The van der Waals surface area contributed by atoms with E-state index in [0.29, 0.717) is 23.1 Å². The van der Waals surface area contributed by atoms with Gasteiger partial charge in [0, 0.05) is 11.6 Å². The Kier molecular flexibility index (Phi) is 6.27. The highest BCUT2D eigenvalue weighted by Crippen LogP contribution is 2.41. The molecule has 2 aromatic rings. The summed E-state index contributed by atoms with van der Waals surface area (Å²) in [6, 6.07) is 13.6. The molecule has 0 aliphatic heterocycles.